The molecular weight excluding hydrogens is 1050 g/mol. The van der Waals surface area contributed by atoms with Crippen LogP contribution in [0.2, 0.25) is 0 Å². The Balaban J connectivity index is 0.862. The molecule has 0 spiro atoms. The molecule has 0 bridgehead atoms. The number of furan rings is 2. The molecule has 6 heteroatoms. The van der Waals surface area contributed by atoms with Crippen LogP contribution in [0.1, 0.15) is 11.1 Å². The van der Waals surface area contributed by atoms with E-state index in [9.17, 15) is 0 Å². The molecule has 0 amide bonds. The Morgan fingerprint density at radius 1 is 0.279 bits per heavy atom. The quantitative estimate of drug-likeness (QED) is 0.152. The van der Waals surface area contributed by atoms with Crippen LogP contribution < -0.4 is 9.80 Å². The van der Waals surface area contributed by atoms with Gasteiger partial charge in [-0.2, -0.15) is 0 Å². The minimum atomic E-state index is 0.862. The molecule has 0 aliphatic heterocycles. The van der Waals surface area contributed by atoms with E-state index in [1.165, 1.54) is 76.2 Å². The van der Waals surface area contributed by atoms with Crippen LogP contribution in [0.5, 0.6) is 0 Å². The van der Waals surface area contributed by atoms with E-state index in [2.05, 4.69) is 299 Å². The third-order valence-corrected chi connectivity index (χ3v) is 18.6. The predicted molar refractivity (Wildman–Crippen MR) is 360 cm³/mol. The molecule has 0 aliphatic carbocycles. The predicted octanol–water partition coefficient (Wildman–Crippen LogP) is 22.7. The SMILES string of the molecule is Cc1ccc2c(oc3c(-c4ccccc4)cccc32)c1N(c1ccccc1)c1ccc2c3cc4c(cc3n3c5ccccc5c1c23)c1ccc(N(c2ccccc2)c2c(C)ccc3c2oc2c(-c5ccccc5)cccc23)c2c3ccccc3n4c12. The van der Waals surface area contributed by atoms with E-state index in [1.54, 1.807) is 0 Å². The fourth-order valence-electron chi connectivity index (χ4n) is 14.9. The van der Waals surface area contributed by atoms with Crippen LogP contribution in [-0.2, 0) is 0 Å². The number of benzene rings is 13. The Morgan fingerprint density at radius 3 is 1.07 bits per heavy atom. The normalized spacial score (nSPS) is 12.3. The summed E-state index contributed by atoms with van der Waals surface area (Å²) in [6, 6.07) is 97.2. The van der Waals surface area contributed by atoms with Gasteiger partial charge in [-0.25, -0.2) is 0 Å². The number of hydrogen-bond acceptors (Lipinski definition) is 4. The van der Waals surface area contributed by atoms with Gasteiger partial charge in [0, 0.05) is 87.1 Å². The third-order valence-electron chi connectivity index (χ3n) is 18.6. The van der Waals surface area contributed by atoms with Gasteiger partial charge >= 0.3 is 0 Å². The van der Waals surface area contributed by atoms with E-state index in [0.29, 0.717) is 0 Å². The molecule has 19 rings (SSSR count). The molecule has 0 saturated heterocycles. The van der Waals surface area contributed by atoms with Crippen molar-refractivity contribution >= 4 is 154 Å². The smallest absolute Gasteiger partial charge is 0.159 e. The topological polar surface area (TPSA) is 41.6 Å². The maximum absolute atomic E-state index is 7.25. The van der Waals surface area contributed by atoms with Gasteiger partial charge in [0.2, 0.25) is 0 Å². The van der Waals surface area contributed by atoms with Gasteiger partial charge in [0.1, 0.15) is 11.2 Å². The summed E-state index contributed by atoms with van der Waals surface area (Å²) in [5, 5.41) is 14.0. The molecule has 6 heterocycles. The first kappa shape index (κ1) is 47.2. The highest BCUT2D eigenvalue weighted by atomic mass is 16.3. The molecule has 6 nitrogen and oxygen atoms in total. The van der Waals surface area contributed by atoms with Crippen molar-refractivity contribution in [3.8, 4) is 22.3 Å². The van der Waals surface area contributed by atoms with Crippen molar-refractivity contribution in [1.29, 1.82) is 0 Å². The maximum Gasteiger partial charge on any atom is 0.159 e. The fourth-order valence-corrected chi connectivity index (χ4v) is 14.9. The van der Waals surface area contributed by atoms with Gasteiger partial charge in [-0.3, -0.25) is 0 Å². The largest absolute Gasteiger partial charge is 0.453 e. The van der Waals surface area contributed by atoms with Crippen LogP contribution in [-0.4, -0.2) is 8.80 Å². The van der Waals surface area contributed by atoms with Crippen LogP contribution >= 0.6 is 0 Å². The van der Waals surface area contributed by atoms with Crippen molar-refractivity contribution in [3.05, 3.63) is 278 Å². The summed E-state index contributed by atoms with van der Waals surface area (Å²) < 4.78 is 19.6. The second-order valence-corrected chi connectivity index (χ2v) is 23.2. The molecule has 0 unspecified atom stereocenters. The lowest BCUT2D eigenvalue weighted by Gasteiger charge is -2.28. The Kier molecular flexibility index (Phi) is 9.65. The highest BCUT2D eigenvalue weighted by Gasteiger charge is 2.31. The van der Waals surface area contributed by atoms with Crippen molar-refractivity contribution in [1.82, 2.24) is 8.80 Å². The summed E-state index contributed by atoms with van der Waals surface area (Å²) in [4.78, 5) is 4.91. The summed E-state index contributed by atoms with van der Waals surface area (Å²) in [6.45, 7) is 4.43. The minimum absolute atomic E-state index is 0.862. The van der Waals surface area contributed by atoms with E-state index in [-0.39, 0.29) is 0 Å². The number of hydrogen-bond donors (Lipinski definition) is 0. The van der Waals surface area contributed by atoms with Crippen LogP contribution in [0, 0.1) is 13.8 Å². The standard InChI is InChI=1S/C80H50N4O2/c1-47-37-39-59-57-33-19-31-53(49-21-7-3-8-22-49)77(57)85-79(59)73(47)81(51-25-11-5-12-26-51)67-43-41-55-63-45-70-64(46-69(63)83-65-35-17-15-29-61(65)71(67)75(55)83)56-42-44-68(72-62-30-16-18-36-66(62)84(70)76(56)72)82(52-27-13-6-14-28-52)74-48(2)38-40-60-58-34-20-32-54(78(58)86-80(60)74)50-23-9-4-10-24-50/h3-46H,1-2H3. The summed E-state index contributed by atoms with van der Waals surface area (Å²) in [6.07, 6.45) is 0. The van der Waals surface area contributed by atoms with Crippen molar-refractivity contribution in [2.75, 3.05) is 9.80 Å². The molecule has 0 saturated carbocycles. The number of anilines is 6. The van der Waals surface area contributed by atoms with Crippen molar-refractivity contribution < 1.29 is 8.83 Å². The second-order valence-electron chi connectivity index (χ2n) is 23.2. The van der Waals surface area contributed by atoms with Crippen molar-refractivity contribution in [3.63, 3.8) is 0 Å². The van der Waals surface area contributed by atoms with Crippen LogP contribution in [0.25, 0.3) is 142 Å². The highest BCUT2D eigenvalue weighted by molar-refractivity contribution is 6.33. The summed E-state index contributed by atoms with van der Waals surface area (Å²) in [7, 11) is 0. The number of fused-ring (bicyclic) bond motifs is 18. The van der Waals surface area contributed by atoms with Gasteiger partial charge in [0.05, 0.1) is 55.8 Å². The van der Waals surface area contributed by atoms with Gasteiger partial charge < -0.3 is 27.4 Å². The van der Waals surface area contributed by atoms with E-state index >= 15 is 0 Å². The Morgan fingerprint density at radius 2 is 0.640 bits per heavy atom. The molecule has 0 N–H and O–H groups in total. The average molecular weight is 1100 g/mol. The molecule has 0 atom stereocenters. The van der Waals surface area contributed by atoms with Crippen LogP contribution in [0.3, 0.4) is 0 Å². The van der Waals surface area contributed by atoms with Crippen LogP contribution in [0.15, 0.2) is 276 Å². The lowest BCUT2D eigenvalue weighted by molar-refractivity contribution is 0.669. The van der Waals surface area contributed by atoms with Gasteiger partial charge in [0.25, 0.3) is 0 Å². The molecular formula is C80H50N4O2. The minimum Gasteiger partial charge on any atom is -0.453 e. The van der Waals surface area contributed by atoms with E-state index < -0.39 is 0 Å². The molecule has 0 radical (unpaired) electrons. The molecule has 6 aromatic heterocycles. The number of aromatic nitrogens is 2. The Hall–Kier alpha value is -11.3. The zero-order valence-corrected chi connectivity index (χ0v) is 47.0. The molecule has 0 aliphatic rings. The Bertz CT molecular complexity index is 5610. The molecule has 19 aromatic rings. The summed E-state index contributed by atoms with van der Waals surface area (Å²) in [5.41, 5.74) is 23.6. The first-order valence-corrected chi connectivity index (χ1v) is 29.6. The van der Waals surface area contributed by atoms with E-state index in [1.807, 2.05) is 0 Å². The van der Waals surface area contributed by atoms with Gasteiger partial charge in [-0.15, -0.1) is 0 Å². The zero-order valence-electron chi connectivity index (χ0n) is 47.0. The zero-order chi connectivity index (χ0) is 56.5. The molecule has 402 valence electrons. The summed E-state index contributed by atoms with van der Waals surface area (Å²) in [5.74, 6) is 0. The monoisotopic (exact) mass is 1100 g/mol. The lowest BCUT2D eigenvalue weighted by atomic mass is 10.00. The molecule has 13 aromatic carbocycles. The fraction of sp³-hybridized carbons (Fsp3) is 0.0250. The van der Waals surface area contributed by atoms with Crippen molar-refractivity contribution in [2.24, 2.45) is 0 Å². The highest BCUT2D eigenvalue weighted by Crippen LogP contribution is 2.54. The lowest BCUT2D eigenvalue weighted by Crippen LogP contribution is -2.12. The van der Waals surface area contributed by atoms with E-state index in [0.717, 1.165) is 111 Å². The number of para-hydroxylation sites is 6. The van der Waals surface area contributed by atoms with Gasteiger partial charge in [-0.05, 0) is 96.8 Å². The number of aryl methyl sites for hydroxylation is 2. The van der Waals surface area contributed by atoms with Gasteiger partial charge in [-0.1, -0.05) is 206 Å². The van der Waals surface area contributed by atoms with Crippen molar-refractivity contribution in [2.45, 2.75) is 13.8 Å². The average Bonchev–Trinajstić information content (AvgIpc) is 1.72. The first-order chi connectivity index (χ1) is 42.6. The third kappa shape index (κ3) is 6.34. The number of rotatable bonds is 8. The van der Waals surface area contributed by atoms with Crippen LogP contribution in [0.4, 0.5) is 34.1 Å². The molecule has 0 fully saturated rings. The maximum atomic E-state index is 7.25. The first-order valence-electron chi connectivity index (χ1n) is 29.6. The number of nitrogens with zero attached hydrogens (tertiary/aromatic N) is 4. The second kappa shape index (κ2) is 17.6. The Labute approximate surface area is 493 Å². The molecule has 86 heavy (non-hydrogen) atoms. The summed E-state index contributed by atoms with van der Waals surface area (Å²) >= 11 is 0. The van der Waals surface area contributed by atoms with Gasteiger partial charge in [0.15, 0.2) is 11.2 Å². The van der Waals surface area contributed by atoms with E-state index in [4.69, 9.17) is 8.83 Å².